The molecule has 0 aromatic heterocycles. The largest absolute Gasteiger partial charge is 0.573 e. The average Bonchev–Trinajstić information content (AvgIpc) is 2.77. The number of alkyl halides is 3. The van der Waals surface area contributed by atoms with Crippen LogP contribution in [0.15, 0.2) is 47.4 Å². The Morgan fingerprint density at radius 3 is 2.38 bits per heavy atom. The van der Waals surface area contributed by atoms with Crippen molar-refractivity contribution in [1.82, 2.24) is 4.31 Å². The Labute approximate surface area is 184 Å². The van der Waals surface area contributed by atoms with Crippen LogP contribution in [0.2, 0.25) is 0 Å². The summed E-state index contributed by atoms with van der Waals surface area (Å²) in [6, 6.07) is 9.95. The molecule has 2 aliphatic rings. The maximum atomic E-state index is 13.5. The minimum absolute atomic E-state index is 0.0453. The highest BCUT2D eigenvalue weighted by molar-refractivity contribution is 7.89. The number of fused-ring (bicyclic) bond motifs is 1. The average molecular weight is 468 g/mol. The summed E-state index contributed by atoms with van der Waals surface area (Å²) in [5.41, 5.74) is 1.06. The first-order valence-corrected chi connectivity index (χ1v) is 11.9. The summed E-state index contributed by atoms with van der Waals surface area (Å²) >= 11 is 0. The Kier molecular flexibility index (Phi) is 6.17. The molecule has 1 saturated heterocycles. The number of nitrogens with zero attached hydrogens (tertiary/aromatic N) is 2. The number of anilines is 1. The standard InChI is InChI=1S/C22H23F3N2O4S/c23-22(24,25)31-17-10-11-19-16(15-17)7-6-14-27(19)21(28)18-8-2-3-9-20(18)32(29,30)26-12-4-1-5-13-26/h2-3,8-11,15H,1,4-7,12-14H2. The number of carbonyl (C=O) groups is 1. The Morgan fingerprint density at radius 2 is 1.66 bits per heavy atom. The van der Waals surface area contributed by atoms with Crippen molar-refractivity contribution in [1.29, 1.82) is 0 Å². The number of sulfonamides is 1. The first kappa shape index (κ1) is 22.6. The van der Waals surface area contributed by atoms with Crippen LogP contribution in [0.3, 0.4) is 0 Å². The van der Waals surface area contributed by atoms with Gasteiger partial charge in [0.2, 0.25) is 10.0 Å². The van der Waals surface area contributed by atoms with Crippen LogP contribution in [0, 0.1) is 0 Å². The molecule has 1 amide bonds. The van der Waals surface area contributed by atoms with Crippen molar-refractivity contribution in [3.8, 4) is 5.75 Å². The van der Waals surface area contributed by atoms with Crippen molar-refractivity contribution in [3.63, 3.8) is 0 Å². The molecule has 0 saturated carbocycles. The van der Waals surface area contributed by atoms with Crippen molar-refractivity contribution in [3.05, 3.63) is 53.6 Å². The molecule has 2 aromatic carbocycles. The molecule has 2 aliphatic heterocycles. The van der Waals surface area contributed by atoms with Gasteiger partial charge in [0.1, 0.15) is 5.75 Å². The molecule has 32 heavy (non-hydrogen) atoms. The molecular weight excluding hydrogens is 445 g/mol. The fraction of sp³-hybridized carbons (Fsp3) is 0.409. The van der Waals surface area contributed by atoms with E-state index >= 15 is 0 Å². The van der Waals surface area contributed by atoms with Crippen molar-refractivity contribution in [2.75, 3.05) is 24.5 Å². The number of hydrogen-bond donors (Lipinski definition) is 0. The van der Waals surface area contributed by atoms with Crippen LogP contribution in [0.1, 0.15) is 41.6 Å². The summed E-state index contributed by atoms with van der Waals surface area (Å²) in [5, 5.41) is 0. The van der Waals surface area contributed by atoms with Crippen molar-refractivity contribution in [2.24, 2.45) is 0 Å². The maximum absolute atomic E-state index is 13.5. The van der Waals surface area contributed by atoms with E-state index in [1.807, 2.05) is 0 Å². The predicted molar refractivity (Wildman–Crippen MR) is 112 cm³/mol. The number of rotatable bonds is 4. The number of aryl methyl sites for hydroxylation is 1. The van der Waals surface area contributed by atoms with Crippen LogP contribution in [0.25, 0.3) is 0 Å². The Morgan fingerprint density at radius 1 is 0.938 bits per heavy atom. The van der Waals surface area contributed by atoms with Gasteiger partial charge in [0.15, 0.2) is 0 Å². The molecule has 2 heterocycles. The van der Waals surface area contributed by atoms with E-state index in [-0.39, 0.29) is 16.2 Å². The molecule has 1 fully saturated rings. The van der Waals surface area contributed by atoms with Gasteiger partial charge >= 0.3 is 6.36 Å². The zero-order valence-electron chi connectivity index (χ0n) is 17.3. The van der Waals surface area contributed by atoms with Gasteiger partial charge in [-0.1, -0.05) is 18.6 Å². The molecule has 0 bridgehead atoms. The second-order valence-corrected chi connectivity index (χ2v) is 9.77. The minimum Gasteiger partial charge on any atom is -0.406 e. The lowest BCUT2D eigenvalue weighted by Crippen LogP contribution is -2.39. The highest BCUT2D eigenvalue weighted by atomic mass is 32.2. The van der Waals surface area contributed by atoms with Gasteiger partial charge in [0.05, 0.1) is 10.5 Å². The second-order valence-electron chi connectivity index (χ2n) is 7.86. The number of amides is 1. The quantitative estimate of drug-likeness (QED) is 0.669. The number of benzene rings is 2. The molecule has 4 rings (SSSR count). The van der Waals surface area contributed by atoms with Crippen molar-refractivity contribution < 1.29 is 31.1 Å². The number of hydrogen-bond acceptors (Lipinski definition) is 4. The topological polar surface area (TPSA) is 66.9 Å². The molecular formula is C22H23F3N2O4S. The van der Waals surface area contributed by atoms with Gasteiger partial charge in [-0.2, -0.15) is 4.31 Å². The molecule has 0 aliphatic carbocycles. The fourth-order valence-electron chi connectivity index (χ4n) is 4.24. The van der Waals surface area contributed by atoms with Gasteiger partial charge in [-0.3, -0.25) is 4.79 Å². The zero-order chi connectivity index (χ0) is 22.9. The summed E-state index contributed by atoms with van der Waals surface area (Å²) in [5.74, 6) is -0.842. The third-order valence-electron chi connectivity index (χ3n) is 5.70. The zero-order valence-corrected chi connectivity index (χ0v) is 18.1. The number of halogens is 3. The van der Waals surface area contributed by atoms with Gasteiger partial charge in [-0.15, -0.1) is 13.2 Å². The third kappa shape index (κ3) is 4.61. The molecule has 0 N–H and O–H groups in total. The predicted octanol–water partition coefficient (Wildman–Crippen LogP) is 4.35. The Balaban J connectivity index is 1.67. The molecule has 2 aromatic rings. The smallest absolute Gasteiger partial charge is 0.406 e. The monoisotopic (exact) mass is 468 g/mol. The first-order valence-electron chi connectivity index (χ1n) is 10.5. The van der Waals surface area contributed by atoms with Crippen LogP contribution in [-0.2, 0) is 16.4 Å². The van der Waals surface area contributed by atoms with Crippen LogP contribution >= 0.6 is 0 Å². The molecule has 10 heteroatoms. The lowest BCUT2D eigenvalue weighted by molar-refractivity contribution is -0.274. The normalized spacial score (nSPS) is 17.7. The number of piperidine rings is 1. The van der Waals surface area contributed by atoms with E-state index in [2.05, 4.69) is 4.74 Å². The number of carbonyl (C=O) groups excluding carboxylic acids is 1. The molecule has 0 spiro atoms. The summed E-state index contributed by atoms with van der Waals surface area (Å²) < 4.78 is 69.6. The van der Waals surface area contributed by atoms with E-state index in [4.69, 9.17) is 0 Å². The molecule has 0 radical (unpaired) electrons. The van der Waals surface area contributed by atoms with Gasteiger partial charge in [-0.05, 0) is 61.6 Å². The van der Waals surface area contributed by atoms with Gasteiger partial charge in [-0.25, -0.2) is 8.42 Å². The second kappa shape index (κ2) is 8.74. The Bertz CT molecular complexity index is 1110. The fourth-order valence-corrected chi connectivity index (χ4v) is 5.94. The van der Waals surface area contributed by atoms with Crippen LogP contribution in [0.4, 0.5) is 18.9 Å². The molecule has 0 atom stereocenters. The van der Waals surface area contributed by atoms with E-state index in [0.717, 1.165) is 25.3 Å². The SMILES string of the molecule is O=C(c1ccccc1S(=O)(=O)N1CCCCC1)N1CCCc2cc(OC(F)(F)F)ccc21. The van der Waals surface area contributed by atoms with Crippen LogP contribution < -0.4 is 9.64 Å². The van der Waals surface area contributed by atoms with E-state index in [1.54, 1.807) is 12.1 Å². The van der Waals surface area contributed by atoms with Crippen LogP contribution in [0.5, 0.6) is 5.75 Å². The summed E-state index contributed by atoms with van der Waals surface area (Å²) in [6.07, 6.45) is -1.26. The molecule has 6 nitrogen and oxygen atoms in total. The highest BCUT2D eigenvalue weighted by Crippen LogP contribution is 2.34. The van der Waals surface area contributed by atoms with Crippen molar-refractivity contribution in [2.45, 2.75) is 43.4 Å². The van der Waals surface area contributed by atoms with Gasteiger partial charge < -0.3 is 9.64 Å². The third-order valence-corrected chi connectivity index (χ3v) is 7.66. The Hall–Kier alpha value is -2.59. The highest BCUT2D eigenvalue weighted by Gasteiger charge is 2.34. The molecule has 172 valence electrons. The van der Waals surface area contributed by atoms with Gasteiger partial charge in [0, 0.05) is 25.3 Å². The number of ether oxygens (including phenoxy) is 1. The molecule has 0 unspecified atom stereocenters. The minimum atomic E-state index is -4.81. The lowest BCUT2D eigenvalue weighted by atomic mass is 10.0. The lowest BCUT2D eigenvalue weighted by Gasteiger charge is -2.31. The van der Waals surface area contributed by atoms with E-state index in [1.165, 1.54) is 33.5 Å². The summed E-state index contributed by atoms with van der Waals surface area (Å²) in [6.45, 7) is 1.17. The first-order chi connectivity index (χ1) is 15.2. The summed E-state index contributed by atoms with van der Waals surface area (Å²) in [7, 11) is -3.84. The summed E-state index contributed by atoms with van der Waals surface area (Å²) in [4.78, 5) is 14.8. The van der Waals surface area contributed by atoms with Gasteiger partial charge in [0.25, 0.3) is 5.91 Å². The van der Waals surface area contributed by atoms with E-state index in [9.17, 15) is 26.4 Å². The van der Waals surface area contributed by atoms with Crippen molar-refractivity contribution >= 4 is 21.6 Å². The van der Waals surface area contributed by atoms with Crippen LogP contribution in [-0.4, -0.2) is 44.6 Å². The van der Waals surface area contributed by atoms with E-state index in [0.29, 0.717) is 43.7 Å². The van der Waals surface area contributed by atoms with E-state index < -0.39 is 22.3 Å². The maximum Gasteiger partial charge on any atom is 0.573 e.